The van der Waals surface area contributed by atoms with Crippen LogP contribution in [0, 0.1) is 17.0 Å². The number of nitro groups is 1. The Hall–Kier alpha value is -2.78. The van der Waals surface area contributed by atoms with Gasteiger partial charge in [0.05, 0.1) is 11.5 Å². The summed E-state index contributed by atoms with van der Waals surface area (Å²) >= 11 is 0. The summed E-state index contributed by atoms with van der Waals surface area (Å²) in [5.74, 6) is 0.919. The summed E-state index contributed by atoms with van der Waals surface area (Å²) < 4.78 is 2.14. The van der Waals surface area contributed by atoms with Crippen molar-refractivity contribution in [3.05, 3.63) is 52.6 Å². The summed E-state index contributed by atoms with van der Waals surface area (Å²) in [6.45, 7) is 7.77. The van der Waals surface area contributed by atoms with Crippen molar-refractivity contribution in [3.8, 4) is 0 Å². The van der Waals surface area contributed by atoms with Crippen LogP contribution in [0.25, 0.3) is 0 Å². The number of hydrogen-bond acceptors (Lipinski definition) is 6. The van der Waals surface area contributed by atoms with Crippen LogP contribution >= 0.6 is 0 Å². The van der Waals surface area contributed by atoms with Crippen LogP contribution in [0.15, 0.2) is 36.7 Å². The Kier molecular flexibility index (Phi) is 6.15. The Bertz CT molecular complexity index is 781. The van der Waals surface area contributed by atoms with E-state index in [-0.39, 0.29) is 11.6 Å². The van der Waals surface area contributed by atoms with Crippen LogP contribution in [0.2, 0.25) is 0 Å². The van der Waals surface area contributed by atoms with Gasteiger partial charge in [0.15, 0.2) is 0 Å². The Morgan fingerprint density at radius 1 is 1.15 bits per heavy atom. The topological polar surface area (TPSA) is 96.5 Å². The van der Waals surface area contributed by atoms with E-state index in [1.54, 1.807) is 12.1 Å². The molecule has 27 heavy (non-hydrogen) atoms. The number of hydrogen-bond donors (Lipinski definition) is 1. The van der Waals surface area contributed by atoms with Gasteiger partial charge in [-0.3, -0.25) is 24.7 Å². The number of carbonyl (C=O) groups excluding carboxylic acids is 1. The molecular formula is C18H24N6O3. The molecule has 1 amide bonds. The van der Waals surface area contributed by atoms with Gasteiger partial charge in [-0.15, -0.1) is 0 Å². The maximum absolute atomic E-state index is 12.2. The minimum absolute atomic E-state index is 0.00927. The van der Waals surface area contributed by atoms with Crippen molar-refractivity contribution in [2.45, 2.75) is 13.5 Å². The first-order valence-corrected chi connectivity index (χ1v) is 8.98. The van der Waals surface area contributed by atoms with E-state index in [0.717, 1.165) is 45.1 Å². The average Bonchev–Trinajstić information content (AvgIpc) is 3.06. The first-order chi connectivity index (χ1) is 13.0. The second kappa shape index (κ2) is 8.74. The van der Waals surface area contributed by atoms with Crippen molar-refractivity contribution in [1.82, 2.24) is 19.4 Å². The van der Waals surface area contributed by atoms with E-state index in [1.165, 1.54) is 12.1 Å². The normalized spacial score (nSPS) is 15.6. The summed E-state index contributed by atoms with van der Waals surface area (Å²) in [6, 6.07) is 5.87. The number of aryl methyl sites for hydroxylation is 1. The molecule has 2 aromatic rings. The Balaban J connectivity index is 1.38. The van der Waals surface area contributed by atoms with E-state index in [0.29, 0.717) is 12.2 Å². The van der Waals surface area contributed by atoms with Crippen molar-refractivity contribution in [2.24, 2.45) is 0 Å². The lowest BCUT2D eigenvalue weighted by Gasteiger charge is -2.34. The second-order valence-corrected chi connectivity index (χ2v) is 6.64. The SMILES string of the molecule is Cc1nccn1CCN1CCN(CC(=O)Nc2ccc([N+](=O)[O-])cc2)CC1. The highest BCUT2D eigenvalue weighted by atomic mass is 16.6. The highest BCUT2D eigenvalue weighted by Crippen LogP contribution is 2.15. The number of nitrogens with one attached hydrogen (secondary N) is 1. The molecule has 1 fully saturated rings. The summed E-state index contributed by atoms with van der Waals surface area (Å²) in [6.07, 6.45) is 3.81. The summed E-state index contributed by atoms with van der Waals surface area (Å²) in [7, 11) is 0. The first kappa shape index (κ1) is 19.0. The number of nitrogens with zero attached hydrogens (tertiary/aromatic N) is 5. The predicted molar refractivity (Wildman–Crippen MR) is 102 cm³/mol. The van der Waals surface area contributed by atoms with Gasteiger partial charge in [-0.05, 0) is 19.1 Å². The van der Waals surface area contributed by atoms with Crippen molar-refractivity contribution < 1.29 is 9.72 Å². The van der Waals surface area contributed by atoms with Gasteiger partial charge in [0.2, 0.25) is 5.91 Å². The molecule has 0 aliphatic carbocycles. The van der Waals surface area contributed by atoms with Crippen molar-refractivity contribution in [3.63, 3.8) is 0 Å². The molecule has 0 radical (unpaired) electrons. The number of anilines is 1. The summed E-state index contributed by atoms with van der Waals surface area (Å²) in [5, 5.41) is 13.4. The van der Waals surface area contributed by atoms with E-state index in [2.05, 4.69) is 24.7 Å². The predicted octanol–water partition coefficient (Wildman–Crippen LogP) is 1.36. The van der Waals surface area contributed by atoms with Crippen LogP contribution < -0.4 is 5.32 Å². The number of amides is 1. The van der Waals surface area contributed by atoms with Gasteiger partial charge in [-0.1, -0.05) is 0 Å². The zero-order valence-corrected chi connectivity index (χ0v) is 15.4. The number of benzene rings is 1. The van der Waals surface area contributed by atoms with Gasteiger partial charge in [0, 0.05) is 69.5 Å². The maximum Gasteiger partial charge on any atom is 0.269 e. The summed E-state index contributed by atoms with van der Waals surface area (Å²) in [4.78, 5) is 31.1. The number of aromatic nitrogens is 2. The smallest absolute Gasteiger partial charge is 0.269 e. The zero-order chi connectivity index (χ0) is 19.2. The van der Waals surface area contributed by atoms with Crippen LogP contribution in [-0.2, 0) is 11.3 Å². The number of non-ortho nitro benzene ring substituents is 1. The zero-order valence-electron chi connectivity index (χ0n) is 15.4. The van der Waals surface area contributed by atoms with Gasteiger partial charge in [0.25, 0.3) is 5.69 Å². The molecule has 0 saturated carbocycles. The molecule has 0 atom stereocenters. The summed E-state index contributed by atoms with van der Waals surface area (Å²) in [5.41, 5.74) is 0.579. The second-order valence-electron chi connectivity index (χ2n) is 6.64. The van der Waals surface area contributed by atoms with Crippen molar-refractivity contribution in [1.29, 1.82) is 0 Å². The van der Waals surface area contributed by atoms with E-state index in [1.807, 2.05) is 19.3 Å². The Morgan fingerprint density at radius 2 is 1.81 bits per heavy atom. The molecule has 9 nitrogen and oxygen atoms in total. The Morgan fingerprint density at radius 3 is 2.41 bits per heavy atom. The third kappa shape index (κ3) is 5.35. The van der Waals surface area contributed by atoms with E-state index in [4.69, 9.17) is 0 Å². The van der Waals surface area contributed by atoms with Crippen LogP contribution in [0.1, 0.15) is 5.82 Å². The van der Waals surface area contributed by atoms with Crippen LogP contribution in [0.5, 0.6) is 0 Å². The number of rotatable bonds is 7. The van der Waals surface area contributed by atoms with E-state index >= 15 is 0 Å². The highest BCUT2D eigenvalue weighted by Gasteiger charge is 2.19. The molecule has 0 bridgehead atoms. The van der Waals surface area contributed by atoms with Crippen LogP contribution in [0.4, 0.5) is 11.4 Å². The third-order valence-electron chi connectivity index (χ3n) is 4.77. The number of piperazine rings is 1. The first-order valence-electron chi connectivity index (χ1n) is 8.98. The molecule has 1 aromatic heterocycles. The lowest BCUT2D eigenvalue weighted by atomic mass is 10.2. The van der Waals surface area contributed by atoms with Crippen molar-refractivity contribution in [2.75, 3.05) is 44.6 Å². The monoisotopic (exact) mass is 372 g/mol. The standard InChI is InChI=1S/C18H24N6O3/c1-15-19-6-7-23(15)13-12-21-8-10-22(11-9-21)14-18(25)20-16-2-4-17(5-3-16)24(26)27/h2-7H,8-14H2,1H3,(H,20,25). The van der Waals surface area contributed by atoms with Crippen LogP contribution in [-0.4, -0.2) is 69.4 Å². The minimum atomic E-state index is -0.459. The van der Waals surface area contributed by atoms with Gasteiger partial charge < -0.3 is 9.88 Å². The molecule has 1 aliphatic heterocycles. The fraction of sp³-hybridized carbons (Fsp3) is 0.444. The fourth-order valence-corrected chi connectivity index (χ4v) is 3.13. The lowest BCUT2D eigenvalue weighted by Crippen LogP contribution is -2.49. The van der Waals surface area contributed by atoms with E-state index < -0.39 is 4.92 Å². The van der Waals surface area contributed by atoms with E-state index in [9.17, 15) is 14.9 Å². The molecule has 9 heteroatoms. The molecule has 2 heterocycles. The molecule has 144 valence electrons. The molecule has 1 saturated heterocycles. The molecule has 1 N–H and O–H groups in total. The molecule has 0 spiro atoms. The molecular weight excluding hydrogens is 348 g/mol. The van der Waals surface area contributed by atoms with Crippen molar-refractivity contribution >= 4 is 17.3 Å². The lowest BCUT2D eigenvalue weighted by molar-refractivity contribution is -0.384. The number of imidazole rings is 1. The number of carbonyl (C=O) groups is 1. The highest BCUT2D eigenvalue weighted by molar-refractivity contribution is 5.92. The largest absolute Gasteiger partial charge is 0.334 e. The quantitative estimate of drug-likeness (QED) is 0.582. The van der Waals surface area contributed by atoms with Gasteiger partial charge in [-0.25, -0.2) is 4.98 Å². The molecule has 0 unspecified atom stereocenters. The fourth-order valence-electron chi connectivity index (χ4n) is 3.13. The van der Waals surface area contributed by atoms with Crippen LogP contribution in [0.3, 0.4) is 0 Å². The van der Waals surface area contributed by atoms with Gasteiger partial charge in [-0.2, -0.15) is 0 Å². The Labute approximate surface area is 157 Å². The number of nitro benzene ring substituents is 1. The average molecular weight is 372 g/mol. The van der Waals surface area contributed by atoms with Gasteiger partial charge >= 0.3 is 0 Å². The maximum atomic E-state index is 12.2. The minimum Gasteiger partial charge on any atom is -0.334 e. The molecule has 3 rings (SSSR count). The molecule has 1 aliphatic rings. The molecule has 1 aromatic carbocycles. The third-order valence-corrected chi connectivity index (χ3v) is 4.77. The van der Waals surface area contributed by atoms with Gasteiger partial charge in [0.1, 0.15) is 5.82 Å².